The van der Waals surface area contributed by atoms with Crippen molar-refractivity contribution in [1.29, 1.82) is 0 Å². The van der Waals surface area contributed by atoms with Gasteiger partial charge in [-0.05, 0) is 19.5 Å². The van der Waals surface area contributed by atoms with Gasteiger partial charge in [0.05, 0.1) is 5.01 Å². The first-order chi connectivity index (χ1) is 12.5. The molecular formula is C18H24Cl2F2N4OS. The van der Waals surface area contributed by atoms with Gasteiger partial charge in [-0.15, -0.1) is 36.2 Å². The zero-order valence-electron chi connectivity index (χ0n) is 15.4. The Balaban J connectivity index is 0.00000196. The van der Waals surface area contributed by atoms with E-state index in [1.807, 2.05) is 6.92 Å². The molecule has 0 saturated carbocycles. The van der Waals surface area contributed by atoms with Gasteiger partial charge in [0, 0.05) is 55.7 Å². The zero-order valence-corrected chi connectivity index (χ0v) is 17.9. The van der Waals surface area contributed by atoms with Crippen LogP contribution >= 0.6 is 36.2 Å². The summed E-state index contributed by atoms with van der Waals surface area (Å²) in [7, 11) is 0. The van der Waals surface area contributed by atoms with Crippen molar-refractivity contribution < 1.29 is 13.6 Å². The van der Waals surface area contributed by atoms with Crippen LogP contribution in [0, 0.1) is 11.6 Å². The predicted octanol–water partition coefficient (Wildman–Crippen LogP) is 3.29. The number of hydrogen-bond acceptors (Lipinski definition) is 5. The fourth-order valence-corrected chi connectivity index (χ4v) is 3.95. The molecule has 156 valence electrons. The Hall–Kier alpha value is -1.32. The van der Waals surface area contributed by atoms with Crippen molar-refractivity contribution in [2.75, 3.05) is 32.7 Å². The van der Waals surface area contributed by atoms with Gasteiger partial charge >= 0.3 is 0 Å². The Labute approximate surface area is 179 Å². The summed E-state index contributed by atoms with van der Waals surface area (Å²) in [6.45, 7) is 4.77. The largest absolute Gasteiger partial charge is 0.335 e. The molecule has 2 N–H and O–H groups in total. The second kappa shape index (κ2) is 11.0. The highest BCUT2D eigenvalue weighted by atomic mass is 35.5. The lowest BCUT2D eigenvalue weighted by Crippen LogP contribution is -2.49. The summed E-state index contributed by atoms with van der Waals surface area (Å²) < 4.78 is 27.1. The monoisotopic (exact) mass is 452 g/mol. The van der Waals surface area contributed by atoms with Crippen molar-refractivity contribution in [2.45, 2.75) is 19.4 Å². The molecule has 1 aromatic heterocycles. The lowest BCUT2D eigenvalue weighted by Gasteiger charge is -2.38. The number of thiazole rings is 1. The summed E-state index contributed by atoms with van der Waals surface area (Å²) >= 11 is 1.45. The number of hydrogen-bond donors (Lipinski definition) is 1. The number of halogens is 4. The Morgan fingerprint density at radius 2 is 1.93 bits per heavy atom. The van der Waals surface area contributed by atoms with Crippen LogP contribution in [0.25, 0.3) is 0 Å². The molecule has 1 amide bonds. The number of rotatable bonds is 5. The number of nitrogens with zero attached hydrogens (tertiary/aromatic N) is 3. The van der Waals surface area contributed by atoms with Crippen LogP contribution in [-0.2, 0) is 6.42 Å². The minimum Gasteiger partial charge on any atom is -0.335 e. The molecular weight excluding hydrogens is 429 g/mol. The maximum atomic E-state index is 14.0. The van der Waals surface area contributed by atoms with Crippen LogP contribution in [0.1, 0.15) is 34.0 Å². The van der Waals surface area contributed by atoms with Gasteiger partial charge in [0.25, 0.3) is 5.91 Å². The van der Waals surface area contributed by atoms with Crippen LogP contribution in [-0.4, -0.2) is 53.4 Å². The van der Waals surface area contributed by atoms with E-state index >= 15 is 0 Å². The van der Waals surface area contributed by atoms with Gasteiger partial charge in [0.1, 0.15) is 17.3 Å². The highest BCUT2D eigenvalue weighted by Gasteiger charge is 2.27. The van der Waals surface area contributed by atoms with E-state index in [4.69, 9.17) is 5.73 Å². The third-order valence-electron chi connectivity index (χ3n) is 4.69. The number of carbonyl (C=O) groups is 1. The Kier molecular flexibility index (Phi) is 9.73. The van der Waals surface area contributed by atoms with E-state index in [2.05, 4.69) is 9.88 Å². The summed E-state index contributed by atoms with van der Waals surface area (Å²) in [6.07, 6.45) is 0.673. The molecule has 1 fully saturated rings. The lowest BCUT2D eigenvalue weighted by atomic mass is 10.1. The Bertz CT molecular complexity index is 785. The first kappa shape index (κ1) is 24.7. The van der Waals surface area contributed by atoms with E-state index in [9.17, 15) is 13.6 Å². The van der Waals surface area contributed by atoms with Crippen molar-refractivity contribution >= 4 is 42.1 Å². The third kappa shape index (κ3) is 5.61. The van der Waals surface area contributed by atoms with Crippen molar-refractivity contribution in [3.05, 3.63) is 51.5 Å². The van der Waals surface area contributed by atoms with Crippen LogP contribution in [0.4, 0.5) is 8.78 Å². The Morgan fingerprint density at radius 1 is 1.25 bits per heavy atom. The molecule has 0 spiro atoms. The maximum absolute atomic E-state index is 14.0. The molecule has 5 nitrogen and oxygen atoms in total. The van der Waals surface area contributed by atoms with Crippen LogP contribution in [0.5, 0.6) is 0 Å². The Morgan fingerprint density at radius 3 is 2.54 bits per heavy atom. The lowest BCUT2D eigenvalue weighted by molar-refractivity contribution is 0.0574. The quantitative estimate of drug-likeness (QED) is 0.755. The molecule has 1 unspecified atom stereocenters. The fraction of sp³-hybridized carbons (Fsp3) is 0.444. The van der Waals surface area contributed by atoms with E-state index in [1.165, 1.54) is 23.5 Å². The van der Waals surface area contributed by atoms with Gasteiger partial charge in [-0.2, -0.15) is 0 Å². The molecule has 1 saturated heterocycles. The van der Waals surface area contributed by atoms with Crippen molar-refractivity contribution in [1.82, 2.24) is 14.8 Å². The molecule has 1 aliphatic heterocycles. The summed E-state index contributed by atoms with van der Waals surface area (Å²) in [6, 6.07) is 3.49. The van der Waals surface area contributed by atoms with E-state index in [0.29, 0.717) is 50.4 Å². The number of piperazine rings is 1. The van der Waals surface area contributed by atoms with Gasteiger partial charge in [0.15, 0.2) is 0 Å². The SMILES string of the molecule is CC(c1ccc(F)cc1F)N1CCN(C(=O)c2csc(CCN)n2)CC1.Cl.Cl. The topological polar surface area (TPSA) is 62.5 Å². The molecule has 1 aliphatic rings. The number of nitrogens with two attached hydrogens (primary N) is 1. The number of carbonyl (C=O) groups excluding carboxylic acids is 1. The molecule has 1 aromatic carbocycles. The van der Waals surface area contributed by atoms with E-state index in [-0.39, 0.29) is 36.8 Å². The fourth-order valence-electron chi connectivity index (χ4n) is 3.16. The molecule has 3 rings (SSSR count). The van der Waals surface area contributed by atoms with Gasteiger partial charge in [-0.25, -0.2) is 13.8 Å². The summed E-state index contributed by atoms with van der Waals surface area (Å²) in [5.41, 5.74) is 6.45. The second-order valence-electron chi connectivity index (χ2n) is 6.34. The summed E-state index contributed by atoms with van der Waals surface area (Å²) in [4.78, 5) is 20.8. The summed E-state index contributed by atoms with van der Waals surface area (Å²) in [5, 5.41) is 2.64. The smallest absolute Gasteiger partial charge is 0.273 e. The molecule has 10 heteroatoms. The number of amides is 1. The van der Waals surface area contributed by atoms with Crippen molar-refractivity contribution in [2.24, 2.45) is 5.73 Å². The average Bonchev–Trinajstić information content (AvgIpc) is 3.10. The molecule has 2 aromatic rings. The third-order valence-corrected chi connectivity index (χ3v) is 5.60. The van der Waals surface area contributed by atoms with E-state index < -0.39 is 11.6 Å². The molecule has 0 radical (unpaired) electrons. The van der Waals surface area contributed by atoms with E-state index in [0.717, 1.165) is 11.1 Å². The first-order valence-electron chi connectivity index (χ1n) is 8.62. The number of benzene rings is 1. The second-order valence-corrected chi connectivity index (χ2v) is 7.28. The van der Waals surface area contributed by atoms with Crippen LogP contribution < -0.4 is 5.73 Å². The van der Waals surface area contributed by atoms with Gasteiger partial charge in [-0.1, -0.05) is 6.07 Å². The highest BCUT2D eigenvalue weighted by Crippen LogP contribution is 2.25. The van der Waals surface area contributed by atoms with E-state index in [1.54, 1.807) is 10.3 Å². The standard InChI is InChI=1S/C18H22F2N4OS.2ClH/c1-12(14-3-2-13(19)10-15(14)20)23-6-8-24(9-7-23)18(25)16-11-26-17(22-16)4-5-21;;/h2-3,10-12H,4-9,21H2,1H3;2*1H. The molecule has 0 bridgehead atoms. The maximum Gasteiger partial charge on any atom is 0.273 e. The van der Waals surface area contributed by atoms with Crippen molar-refractivity contribution in [3.8, 4) is 0 Å². The molecule has 2 heterocycles. The van der Waals surface area contributed by atoms with Crippen LogP contribution in [0.3, 0.4) is 0 Å². The minimum absolute atomic E-state index is 0. The van der Waals surface area contributed by atoms with Gasteiger partial charge in [-0.3, -0.25) is 9.69 Å². The van der Waals surface area contributed by atoms with Gasteiger partial charge in [0.2, 0.25) is 0 Å². The zero-order chi connectivity index (χ0) is 18.7. The highest BCUT2D eigenvalue weighted by molar-refractivity contribution is 7.09. The summed E-state index contributed by atoms with van der Waals surface area (Å²) in [5.74, 6) is -1.19. The van der Waals surface area contributed by atoms with Gasteiger partial charge < -0.3 is 10.6 Å². The number of aromatic nitrogens is 1. The average molecular weight is 453 g/mol. The predicted molar refractivity (Wildman–Crippen MR) is 112 cm³/mol. The first-order valence-corrected chi connectivity index (χ1v) is 9.50. The van der Waals surface area contributed by atoms with Crippen LogP contribution in [0.15, 0.2) is 23.6 Å². The molecule has 28 heavy (non-hydrogen) atoms. The van der Waals surface area contributed by atoms with Crippen molar-refractivity contribution in [3.63, 3.8) is 0 Å². The minimum atomic E-state index is -0.578. The normalized spacial score (nSPS) is 15.5. The molecule has 1 atom stereocenters. The van der Waals surface area contributed by atoms with Crippen LogP contribution in [0.2, 0.25) is 0 Å². The molecule has 0 aliphatic carbocycles.